The third kappa shape index (κ3) is 4.69. The fourth-order valence-electron chi connectivity index (χ4n) is 1.68. The Morgan fingerprint density at radius 1 is 1.33 bits per heavy atom. The number of rotatable bonds is 5. The zero-order valence-electron chi connectivity index (χ0n) is 10.9. The molecular weight excluding hydrogens is 339 g/mol. The van der Waals surface area contributed by atoms with Crippen molar-refractivity contribution >= 4 is 5.97 Å². The van der Waals surface area contributed by atoms with Crippen LogP contribution < -0.4 is 21.6 Å². The van der Waals surface area contributed by atoms with Crippen molar-refractivity contribution in [2.75, 3.05) is 0 Å². The van der Waals surface area contributed by atoms with Gasteiger partial charge in [0, 0.05) is 0 Å². The van der Waals surface area contributed by atoms with Crippen LogP contribution in [0.15, 0.2) is 24.3 Å². The molecule has 0 aromatic heterocycles. The van der Waals surface area contributed by atoms with Crippen LogP contribution in [-0.2, 0) is 14.3 Å². The summed E-state index contributed by atoms with van der Waals surface area (Å²) < 4.78 is 7.44. The van der Waals surface area contributed by atoms with E-state index in [1.807, 2.05) is 19.1 Å². The Balaban J connectivity index is 2.67. The first-order valence-electron chi connectivity index (χ1n) is 5.93. The molecule has 0 aliphatic rings. The molecule has 2 nitrogen and oxygen atoms in total. The fourth-order valence-corrected chi connectivity index (χ4v) is 2.40. The molecule has 0 bridgehead atoms. The predicted octanol–water partition coefficient (Wildman–Crippen LogP) is 0.127. The van der Waals surface area contributed by atoms with Gasteiger partial charge in [0.2, 0.25) is 0 Å². The van der Waals surface area contributed by atoms with E-state index in [0.717, 1.165) is 12.0 Å². The fraction of sp³-hybridized carbons (Fsp3) is 0.400. The predicted molar refractivity (Wildman–Crippen MR) is 68.3 cm³/mol. The summed E-state index contributed by atoms with van der Waals surface area (Å²) in [6, 6.07) is 8.15. The molecular formula is C15H18IO2-. The van der Waals surface area contributed by atoms with Crippen LogP contribution in [0.1, 0.15) is 37.8 Å². The third-order valence-corrected chi connectivity index (χ3v) is 3.54. The summed E-state index contributed by atoms with van der Waals surface area (Å²) in [5.74, 6) is 0.169. The van der Waals surface area contributed by atoms with Gasteiger partial charge in [-0.3, -0.25) is 0 Å². The number of terminal acetylenes is 1. The number of hydrogen-bond donors (Lipinski definition) is 0. The maximum absolute atomic E-state index is 11.7. The Labute approximate surface area is 120 Å². The Bertz CT molecular complexity index is 429. The minimum absolute atomic E-state index is 0.225. The number of carbonyl (C=O) groups excluding carboxylic acids is 1. The van der Waals surface area contributed by atoms with Gasteiger partial charge in [0.05, 0.1) is 0 Å². The number of halogens is 1. The van der Waals surface area contributed by atoms with Crippen LogP contribution in [0.25, 0.3) is 0 Å². The van der Waals surface area contributed by atoms with E-state index < -0.39 is 21.6 Å². The molecule has 3 heteroatoms. The van der Waals surface area contributed by atoms with Crippen LogP contribution in [-0.4, -0.2) is 5.97 Å². The maximum atomic E-state index is 11.7. The van der Waals surface area contributed by atoms with Crippen molar-refractivity contribution in [1.29, 1.82) is 0 Å². The summed E-state index contributed by atoms with van der Waals surface area (Å²) in [4.78, 5) is 11.7. The van der Waals surface area contributed by atoms with Gasteiger partial charge < -0.3 is 0 Å². The molecule has 18 heavy (non-hydrogen) atoms. The van der Waals surface area contributed by atoms with Crippen LogP contribution in [0, 0.1) is 16.3 Å². The molecule has 0 radical (unpaired) electrons. The quantitative estimate of drug-likeness (QED) is 0.553. The van der Waals surface area contributed by atoms with E-state index in [0.29, 0.717) is 5.92 Å². The van der Waals surface area contributed by atoms with Crippen LogP contribution in [0.5, 0.6) is 0 Å². The molecule has 1 aromatic rings. The van der Waals surface area contributed by atoms with Gasteiger partial charge in [0.25, 0.3) is 0 Å². The van der Waals surface area contributed by atoms with Gasteiger partial charge in [-0.05, 0) is 0 Å². The van der Waals surface area contributed by atoms with Crippen LogP contribution in [0.2, 0.25) is 0 Å². The molecule has 0 fully saturated rings. The molecule has 0 aliphatic carbocycles. The first kappa shape index (κ1) is 15.0. The van der Waals surface area contributed by atoms with Gasteiger partial charge in [0.15, 0.2) is 0 Å². The zero-order valence-corrected chi connectivity index (χ0v) is 13.1. The van der Waals surface area contributed by atoms with Crippen molar-refractivity contribution < 1.29 is 29.5 Å². The first-order valence-corrected chi connectivity index (χ1v) is 7.89. The van der Waals surface area contributed by atoms with Crippen molar-refractivity contribution in [2.24, 2.45) is 5.92 Å². The third-order valence-electron chi connectivity index (χ3n) is 2.64. The second kappa shape index (κ2) is 7.42. The van der Waals surface area contributed by atoms with Gasteiger partial charge >= 0.3 is 120 Å². The van der Waals surface area contributed by atoms with Crippen LogP contribution in [0.4, 0.5) is 0 Å². The van der Waals surface area contributed by atoms with E-state index in [1.165, 1.54) is 5.56 Å². The van der Waals surface area contributed by atoms with Crippen LogP contribution in [0.3, 0.4) is 0 Å². The van der Waals surface area contributed by atoms with E-state index in [1.54, 1.807) is 0 Å². The molecule has 1 rings (SSSR count). The van der Waals surface area contributed by atoms with E-state index in [9.17, 15) is 4.79 Å². The molecule has 0 saturated carbocycles. The van der Waals surface area contributed by atoms with Crippen molar-refractivity contribution in [1.82, 2.24) is 0 Å². The minimum atomic E-state index is -0.878. The van der Waals surface area contributed by atoms with Crippen molar-refractivity contribution in [3.8, 4) is 10.4 Å². The monoisotopic (exact) mass is 357 g/mol. The molecule has 0 aliphatic heterocycles. The van der Waals surface area contributed by atoms with Gasteiger partial charge in [-0.2, -0.15) is 0 Å². The van der Waals surface area contributed by atoms with E-state index in [2.05, 4.69) is 29.9 Å². The second-order valence-corrected chi connectivity index (χ2v) is 6.15. The average Bonchev–Trinajstić information content (AvgIpc) is 2.35. The van der Waals surface area contributed by atoms with E-state index >= 15 is 0 Å². The van der Waals surface area contributed by atoms with Crippen LogP contribution >= 0.6 is 0 Å². The van der Waals surface area contributed by atoms with Crippen molar-refractivity contribution in [3.05, 3.63) is 35.4 Å². The Morgan fingerprint density at radius 3 is 2.44 bits per heavy atom. The van der Waals surface area contributed by atoms with Gasteiger partial charge in [-0.25, -0.2) is 0 Å². The van der Waals surface area contributed by atoms with E-state index in [4.69, 9.17) is 9.49 Å². The molecule has 0 heterocycles. The average molecular weight is 357 g/mol. The number of hydrogen-bond acceptors (Lipinski definition) is 2. The zero-order chi connectivity index (χ0) is 13.5. The molecule has 1 atom stereocenters. The summed E-state index contributed by atoms with van der Waals surface area (Å²) in [7, 11) is 0. The number of benzene rings is 1. The summed E-state index contributed by atoms with van der Waals surface area (Å²) >= 11 is -0.878. The Morgan fingerprint density at radius 2 is 1.94 bits per heavy atom. The SMILES string of the molecule is C#C[I-]OC(=O)C(C)c1ccc(CC(C)C)cc1. The number of carbonyl (C=O) groups is 1. The van der Waals surface area contributed by atoms with Crippen molar-refractivity contribution in [2.45, 2.75) is 33.1 Å². The van der Waals surface area contributed by atoms with Gasteiger partial charge in [0.1, 0.15) is 0 Å². The summed E-state index contributed by atoms with van der Waals surface area (Å²) in [5, 5.41) is 0. The summed E-state index contributed by atoms with van der Waals surface area (Å²) in [5.41, 5.74) is 2.28. The molecule has 0 N–H and O–H groups in total. The van der Waals surface area contributed by atoms with E-state index in [-0.39, 0.29) is 11.9 Å². The molecule has 0 spiro atoms. The molecule has 1 aromatic carbocycles. The Hall–Kier alpha value is -1.02. The van der Waals surface area contributed by atoms with Gasteiger partial charge in [-0.15, -0.1) is 0 Å². The van der Waals surface area contributed by atoms with Crippen molar-refractivity contribution in [3.63, 3.8) is 0 Å². The first-order chi connectivity index (χ1) is 8.54. The summed E-state index contributed by atoms with van der Waals surface area (Å²) in [6.45, 7) is 6.23. The molecule has 1 unspecified atom stereocenters. The molecule has 0 saturated heterocycles. The topological polar surface area (TPSA) is 26.3 Å². The second-order valence-electron chi connectivity index (χ2n) is 4.64. The van der Waals surface area contributed by atoms with Gasteiger partial charge in [-0.1, -0.05) is 0 Å². The Kier molecular flexibility index (Phi) is 6.20. The standard InChI is InChI=1S/C15H18IO2/c1-5-16-18-15(17)12(4)14-8-6-13(7-9-14)10-11(2)3/h1,6-9,11-12H,10H2,2-4H3/q-1. The summed E-state index contributed by atoms with van der Waals surface area (Å²) in [6.07, 6.45) is 6.16. The normalized spacial score (nSPS) is 12.2. The molecule has 98 valence electrons. The molecule has 0 amide bonds.